The molecular formula is C36H35Cl3N2O5S. The van der Waals surface area contributed by atoms with Gasteiger partial charge in [-0.25, -0.2) is 0 Å². The highest BCUT2D eigenvalue weighted by atomic mass is 35.6. The number of amides is 2. The predicted octanol–water partition coefficient (Wildman–Crippen LogP) is 8.37. The van der Waals surface area contributed by atoms with E-state index in [-0.39, 0.29) is 37.2 Å². The molecule has 11 heteroatoms. The number of carbonyl (C=O) groups is 2. The summed E-state index contributed by atoms with van der Waals surface area (Å²) in [4.78, 5) is 24.6. The number of alkyl halides is 3. The van der Waals surface area contributed by atoms with Crippen LogP contribution in [-0.2, 0) is 32.2 Å². The zero-order valence-electron chi connectivity index (χ0n) is 25.8. The number of hydrogen-bond donors (Lipinski definition) is 3. The van der Waals surface area contributed by atoms with Crippen molar-refractivity contribution in [2.45, 2.75) is 54.2 Å². The number of aliphatic hydroxyl groups excluding tert-OH is 1. The molecule has 47 heavy (non-hydrogen) atoms. The lowest BCUT2D eigenvalue weighted by molar-refractivity contribution is -0.268. The van der Waals surface area contributed by atoms with Crippen LogP contribution in [0.2, 0.25) is 0 Å². The van der Waals surface area contributed by atoms with E-state index >= 15 is 0 Å². The molecule has 0 spiro atoms. The van der Waals surface area contributed by atoms with Gasteiger partial charge in [0.1, 0.15) is 0 Å². The van der Waals surface area contributed by atoms with Crippen molar-refractivity contribution in [3.8, 4) is 11.1 Å². The van der Waals surface area contributed by atoms with Gasteiger partial charge in [-0.2, -0.15) is 0 Å². The van der Waals surface area contributed by atoms with Gasteiger partial charge in [-0.05, 0) is 52.1 Å². The Kier molecular flexibility index (Phi) is 11.9. The Balaban J connectivity index is 1.35. The zero-order valence-corrected chi connectivity index (χ0v) is 28.9. The third-order valence-electron chi connectivity index (χ3n) is 7.92. The van der Waals surface area contributed by atoms with Crippen LogP contribution in [0.4, 0.5) is 5.69 Å². The van der Waals surface area contributed by atoms with Crippen LogP contribution in [0, 0.1) is 5.92 Å². The van der Waals surface area contributed by atoms with Crippen LogP contribution in [0.1, 0.15) is 48.5 Å². The lowest BCUT2D eigenvalue weighted by atomic mass is 9.91. The SMILES string of the molecule is CC(=O)Nc1ccc(SC[C@@H]2O[C@H](c3ccc(-c4ccccc4CNC(=O)C(Cl)(Cl)Cl)cc3)O[C@H](c3ccc(CO)cc3)[C@@H]2C)cc1. The molecular weight excluding hydrogens is 679 g/mol. The summed E-state index contributed by atoms with van der Waals surface area (Å²) in [6.07, 6.45) is -0.997. The van der Waals surface area contributed by atoms with Crippen molar-refractivity contribution in [2.75, 3.05) is 11.1 Å². The van der Waals surface area contributed by atoms with E-state index in [0.29, 0.717) is 5.75 Å². The van der Waals surface area contributed by atoms with Gasteiger partial charge in [0.15, 0.2) is 6.29 Å². The van der Waals surface area contributed by atoms with E-state index in [9.17, 15) is 14.7 Å². The molecule has 7 nitrogen and oxygen atoms in total. The molecule has 1 fully saturated rings. The van der Waals surface area contributed by atoms with Gasteiger partial charge >= 0.3 is 0 Å². The normalized spacial score (nSPS) is 19.6. The van der Waals surface area contributed by atoms with Gasteiger partial charge in [0.05, 0.1) is 18.8 Å². The van der Waals surface area contributed by atoms with Gasteiger partial charge in [-0.1, -0.05) is 115 Å². The van der Waals surface area contributed by atoms with Crippen LogP contribution < -0.4 is 10.6 Å². The second-order valence-electron chi connectivity index (χ2n) is 11.3. The molecule has 2 amide bonds. The summed E-state index contributed by atoms with van der Waals surface area (Å²) in [6.45, 7) is 3.79. The number of halogens is 3. The minimum absolute atomic E-state index is 0.0260. The average Bonchev–Trinajstić information content (AvgIpc) is 3.07. The van der Waals surface area contributed by atoms with Gasteiger partial charge in [0.25, 0.3) is 9.70 Å². The first-order chi connectivity index (χ1) is 22.5. The molecule has 1 aliphatic rings. The fraction of sp³-hybridized carbons (Fsp3) is 0.278. The molecule has 0 bridgehead atoms. The summed E-state index contributed by atoms with van der Waals surface area (Å²) in [6, 6.07) is 31.3. The molecule has 4 atom stereocenters. The van der Waals surface area contributed by atoms with Crippen LogP contribution in [0.25, 0.3) is 11.1 Å². The van der Waals surface area contributed by atoms with E-state index in [2.05, 4.69) is 17.6 Å². The maximum atomic E-state index is 12.1. The van der Waals surface area contributed by atoms with Gasteiger partial charge in [-0.15, -0.1) is 11.8 Å². The van der Waals surface area contributed by atoms with E-state index in [4.69, 9.17) is 44.3 Å². The molecule has 1 saturated heterocycles. The molecule has 0 unspecified atom stereocenters. The van der Waals surface area contributed by atoms with Crippen molar-refractivity contribution in [2.24, 2.45) is 5.92 Å². The standard InChI is InChI=1S/C36H35Cl3N2O5S/c1-22-32(21-47-30-17-15-29(16-18-30)41-23(2)43)45-34(46-33(22)26-9-7-24(20-42)8-10-26)27-13-11-25(12-14-27)31-6-4-3-5-28(31)19-40-35(44)36(37,38)39/h3-18,22,32-34,42H,19-21H2,1-2H3,(H,40,44)(H,41,43)/t22-,32+,33+,34+/m1/s1. The molecule has 0 saturated carbocycles. The first kappa shape index (κ1) is 35.2. The highest BCUT2D eigenvalue weighted by Gasteiger charge is 2.38. The Morgan fingerprint density at radius 3 is 2.17 bits per heavy atom. The molecule has 1 heterocycles. The van der Waals surface area contributed by atoms with Crippen molar-refractivity contribution in [3.63, 3.8) is 0 Å². The van der Waals surface area contributed by atoms with Crippen molar-refractivity contribution in [1.82, 2.24) is 5.32 Å². The smallest absolute Gasteiger partial charge is 0.272 e. The van der Waals surface area contributed by atoms with Crippen molar-refractivity contribution in [1.29, 1.82) is 0 Å². The van der Waals surface area contributed by atoms with Crippen LogP contribution in [0.15, 0.2) is 102 Å². The van der Waals surface area contributed by atoms with Crippen LogP contribution in [-0.4, -0.2) is 32.6 Å². The zero-order chi connectivity index (χ0) is 33.6. The van der Waals surface area contributed by atoms with Gasteiger partial charge in [0.2, 0.25) is 5.91 Å². The number of benzene rings is 4. The van der Waals surface area contributed by atoms with E-state index in [0.717, 1.165) is 44.0 Å². The van der Waals surface area contributed by atoms with Crippen molar-refractivity contribution >= 4 is 64.1 Å². The second-order valence-corrected chi connectivity index (χ2v) is 14.7. The molecule has 0 aliphatic carbocycles. The lowest BCUT2D eigenvalue weighted by Crippen LogP contribution is -2.38. The highest BCUT2D eigenvalue weighted by Crippen LogP contribution is 2.43. The van der Waals surface area contributed by atoms with Gasteiger partial charge in [0, 0.05) is 41.3 Å². The number of aliphatic hydroxyl groups is 1. The molecule has 1 aliphatic heterocycles. The monoisotopic (exact) mass is 712 g/mol. The Bertz CT molecular complexity index is 1660. The summed E-state index contributed by atoms with van der Waals surface area (Å²) in [5.41, 5.74) is 6.22. The molecule has 0 radical (unpaired) electrons. The average molecular weight is 714 g/mol. The summed E-state index contributed by atoms with van der Waals surface area (Å²) in [5, 5.41) is 15.0. The van der Waals surface area contributed by atoms with Crippen LogP contribution in [0.5, 0.6) is 0 Å². The van der Waals surface area contributed by atoms with E-state index in [1.807, 2.05) is 97.1 Å². The maximum absolute atomic E-state index is 12.1. The Morgan fingerprint density at radius 1 is 0.872 bits per heavy atom. The molecule has 5 rings (SSSR count). The number of rotatable bonds is 10. The first-order valence-corrected chi connectivity index (χ1v) is 17.2. The quantitative estimate of drug-likeness (QED) is 0.113. The third kappa shape index (κ3) is 9.30. The molecule has 4 aromatic rings. The Labute approximate surface area is 293 Å². The number of carbonyl (C=O) groups excluding carboxylic acids is 2. The lowest BCUT2D eigenvalue weighted by Gasteiger charge is -2.41. The molecule has 246 valence electrons. The van der Waals surface area contributed by atoms with Crippen molar-refractivity contribution < 1.29 is 24.2 Å². The first-order valence-electron chi connectivity index (χ1n) is 15.1. The van der Waals surface area contributed by atoms with E-state index in [1.54, 1.807) is 11.8 Å². The number of ether oxygens (including phenoxy) is 2. The van der Waals surface area contributed by atoms with Crippen molar-refractivity contribution in [3.05, 3.63) is 119 Å². The molecule has 4 aromatic carbocycles. The van der Waals surface area contributed by atoms with Crippen LogP contribution >= 0.6 is 46.6 Å². The van der Waals surface area contributed by atoms with E-state index in [1.165, 1.54) is 6.92 Å². The minimum Gasteiger partial charge on any atom is -0.392 e. The Morgan fingerprint density at radius 2 is 1.53 bits per heavy atom. The fourth-order valence-corrected chi connectivity index (χ4v) is 6.65. The topological polar surface area (TPSA) is 96.9 Å². The number of anilines is 1. The third-order valence-corrected chi connectivity index (χ3v) is 9.54. The Hall–Kier alpha value is -3.08. The highest BCUT2D eigenvalue weighted by molar-refractivity contribution is 7.99. The summed E-state index contributed by atoms with van der Waals surface area (Å²) in [5.74, 6) is -0.0752. The molecule has 3 N–H and O–H groups in total. The second kappa shape index (κ2) is 15.9. The summed E-state index contributed by atoms with van der Waals surface area (Å²) in [7, 11) is 0. The number of hydrogen-bond acceptors (Lipinski definition) is 6. The summed E-state index contributed by atoms with van der Waals surface area (Å²) >= 11 is 18.9. The number of nitrogens with one attached hydrogen (secondary N) is 2. The largest absolute Gasteiger partial charge is 0.392 e. The minimum atomic E-state index is -2.04. The van der Waals surface area contributed by atoms with Gasteiger partial charge < -0.3 is 25.2 Å². The van der Waals surface area contributed by atoms with Crippen LogP contribution in [0.3, 0.4) is 0 Å². The fourth-order valence-electron chi connectivity index (χ4n) is 5.38. The number of thioether (sulfide) groups is 1. The molecule has 0 aromatic heterocycles. The van der Waals surface area contributed by atoms with Gasteiger partial charge in [-0.3, -0.25) is 9.59 Å². The summed E-state index contributed by atoms with van der Waals surface area (Å²) < 4.78 is 11.2. The maximum Gasteiger partial charge on any atom is 0.272 e. The predicted molar refractivity (Wildman–Crippen MR) is 188 cm³/mol. The van der Waals surface area contributed by atoms with E-state index < -0.39 is 16.0 Å².